The Balaban J connectivity index is 1.59. The van der Waals surface area contributed by atoms with E-state index in [-0.39, 0.29) is 0 Å². The molecule has 130 valence electrons. The first-order valence-corrected chi connectivity index (χ1v) is 9.66. The first kappa shape index (κ1) is 12.5. The van der Waals surface area contributed by atoms with Gasteiger partial charge in [-0.05, 0) is 89.0 Å². The summed E-state index contributed by atoms with van der Waals surface area (Å²) in [5.41, 5.74) is 10.9. The second kappa shape index (κ2) is 5.53. The SMILES string of the molecule is [2H]C([2H])([2H])c1cnc(-c2cc3c4c(c2)CCc2cccc(c2-4)CC3)c2ccccc12. The number of benzene rings is 3. The van der Waals surface area contributed by atoms with Crippen molar-refractivity contribution in [1.82, 2.24) is 4.98 Å². The van der Waals surface area contributed by atoms with E-state index in [2.05, 4.69) is 35.3 Å². The van der Waals surface area contributed by atoms with Gasteiger partial charge in [0.1, 0.15) is 0 Å². The van der Waals surface area contributed by atoms with Crippen LogP contribution in [0, 0.1) is 6.85 Å². The third-order valence-electron chi connectivity index (χ3n) is 6.18. The van der Waals surface area contributed by atoms with Crippen LogP contribution in [0.25, 0.3) is 33.2 Å². The summed E-state index contributed by atoms with van der Waals surface area (Å²) in [7, 11) is 0. The van der Waals surface area contributed by atoms with Gasteiger partial charge < -0.3 is 0 Å². The molecule has 2 aliphatic carbocycles. The minimum Gasteiger partial charge on any atom is -0.255 e. The highest BCUT2D eigenvalue weighted by atomic mass is 14.7. The Morgan fingerprint density at radius 1 is 0.741 bits per heavy atom. The maximum atomic E-state index is 7.89. The molecule has 0 saturated carbocycles. The van der Waals surface area contributed by atoms with Gasteiger partial charge in [-0.1, -0.05) is 42.5 Å². The molecule has 0 bridgehead atoms. The van der Waals surface area contributed by atoms with Crippen molar-refractivity contribution in [3.63, 3.8) is 0 Å². The molecule has 0 N–H and O–H groups in total. The monoisotopic (exact) mass is 350 g/mol. The smallest absolute Gasteiger partial charge is 0.0780 e. The molecular weight excluding hydrogens is 326 g/mol. The summed E-state index contributed by atoms with van der Waals surface area (Å²) in [5.74, 6) is 0. The van der Waals surface area contributed by atoms with Crippen LogP contribution < -0.4 is 0 Å². The second-order valence-electron chi connectivity index (χ2n) is 7.69. The minimum atomic E-state index is -2.17. The Kier molecular flexibility index (Phi) is 2.55. The average Bonchev–Trinajstić information content (AvgIpc) is 2.76. The van der Waals surface area contributed by atoms with Gasteiger partial charge in [0.25, 0.3) is 0 Å². The standard InChI is InChI=1S/C26H21N/c1-16-15-27-26(23-8-3-2-7-22(16)23)21-13-19-11-9-17-5-4-6-18-10-12-20(14-21)25(19)24(17)18/h2-8,13-15H,9-12H2,1H3/i1D3. The Morgan fingerprint density at radius 3 is 2.07 bits per heavy atom. The molecule has 1 aromatic heterocycles. The Hall–Kier alpha value is -2.93. The van der Waals surface area contributed by atoms with Gasteiger partial charge in [0.05, 0.1) is 5.69 Å². The van der Waals surface area contributed by atoms with Crippen molar-refractivity contribution in [2.45, 2.75) is 32.5 Å². The number of aryl methyl sites for hydroxylation is 5. The molecule has 1 nitrogen and oxygen atoms in total. The van der Waals surface area contributed by atoms with Crippen molar-refractivity contribution in [2.24, 2.45) is 0 Å². The van der Waals surface area contributed by atoms with Crippen molar-refractivity contribution >= 4 is 10.8 Å². The molecular formula is C26H21N. The molecule has 0 spiro atoms. The molecule has 2 aliphatic rings. The van der Waals surface area contributed by atoms with Gasteiger partial charge in [-0.3, -0.25) is 4.98 Å². The van der Waals surface area contributed by atoms with Crippen molar-refractivity contribution < 1.29 is 4.11 Å². The number of hydrogen-bond acceptors (Lipinski definition) is 1. The molecule has 0 aliphatic heterocycles. The Bertz CT molecular complexity index is 1290. The highest BCUT2D eigenvalue weighted by molar-refractivity contribution is 5.97. The van der Waals surface area contributed by atoms with Gasteiger partial charge in [-0.25, -0.2) is 0 Å². The van der Waals surface area contributed by atoms with Crippen LogP contribution in [0.5, 0.6) is 0 Å². The highest BCUT2D eigenvalue weighted by Gasteiger charge is 2.26. The molecule has 1 heterocycles. The maximum absolute atomic E-state index is 7.89. The molecule has 0 amide bonds. The van der Waals surface area contributed by atoms with Gasteiger partial charge >= 0.3 is 0 Å². The predicted octanol–water partition coefficient (Wildman–Crippen LogP) is 6.07. The molecule has 1 heteroatoms. The van der Waals surface area contributed by atoms with Crippen molar-refractivity contribution in [2.75, 3.05) is 0 Å². The first-order chi connectivity index (χ1) is 14.5. The zero-order valence-electron chi connectivity index (χ0n) is 18.0. The third kappa shape index (κ3) is 2.15. The van der Waals surface area contributed by atoms with Crippen LogP contribution >= 0.6 is 0 Å². The van der Waals surface area contributed by atoms with Gasteiger partial charge in [-0.15, -0.1) is 0 Å². The number of pyridine rings is 1. The largest absolute Gasteiger partial charge is 0.255 e. The minimum absolute atomic E-state index is 0.319. The number of fused-ring (bicyclic) bond motifs is 1. The van der Waals surface area contributed by atoms with Gasteiger partial charge in [0, 0.05) is 21.3 Å². The van der Waals surface area contributed by atoms with E-state index in [0.717, 1.165) is 47.7 Å². The Morgan fingerprint density at radius 2 is 1.37 bits per heavy atom. The molecule has 0 fully saturated rings. The van der Waals surface area contributed by atoms with Gasteiger partial charge in [0.2, 0.25) is 0 Å². The van der Waals surface area contributed by atoms with Crippen LogP contribution in [-0.4, -0.2) is 4.98 Å². The normalized spacial score (nSPS) is 16.4. The Labute approximate surface area is 163 Å². The van der Waals surface area contributed by atoms with E-state index >= 15 is 0 Å². The van der Waals surface area contributed by atoms with E-state index in [1.807, 2.05) is 24.3 Å². The molecule has 0 radical (unpaired) electrons. The molecule has 0 saturated heterocycles. The van der Waals surface area contributed by atoms with Crippen LogP contribution in [0.15, 0.2) is 60.8 Å². The molecule has 27 heavy (non-hydrogen) atoms. The summed E-state index contributed by atoms with van der Waals surface area (Å²) in [4.78, 5) is 4.67. The first-order valence-electron chi connectivity index (χ1n) is 11.2. The van der Waals surface area contributed by atoms with E-state index in [1.165, 1.54) is 33.4 Å². The quantitative estimate of drug-likeness (QED) is 0.406. The summed E-state index contributed by atoms with van der Waals surface area (Å²) in [6.07, 6.45) is 5.77. The third-order valence-corrected chi connectivity index (χ3v) is 6.18. The lowest BCUT2D eigenvalue weighted by Crippen LogP contribution is -2.14. The highest BCUT2D eigenvalue weighted by Crippen LogP contribution is 2.44. The molecule has 6 rings (SSSR count). The van der Waals surface area contributed by atoms with Crippen LogP contribution in [0.3, 0.4) is 0 Å². The number of nitrogens with zero attached hydrogens (tertiary/aromatic N) is 1. The average molecular weight is 350 g/mol. The number of aromatic nitrogens is 1. The molecule has 0 unspecified atom stereocenters. The zero-order valence-corrected chi connectivity index (χ0v) is 15.0. The molecule has 0 atom stereocenters. The van der Waals surface area contributed by atoms with E-state index in [1.54, 1.807) is 6.20 Å². The van der Waals surface area contributed by atoms with E-state index in [0.29, 0.717) is 5.56 Å². The number of hydrogen-bond donors (Lipinski definition) is 0. The summed E-state index contributed by atoms with van der Waals surface area (Å²) in [5, 5.41) is 1.67. The van der Waals surface area contributed by atoms with Crippen LogP contribution in [-0.2, 0) is 25.7 Å². The fourth-order valence-electron chi connectivity index (χ4n) is 4.97. The molecule has 3 aromatic carbocycles. The van der Waals surface area contributed by atoms with Crippen molar-refractivity contribution in [1.29, 1.82) is 0 Å². The fourth-order valence-corrected chi connectivity index (χ4v) is 4.97. The van der Waals surface area contributed by atoms with Crippen LogP contribution in [0.4, 0.5) is 0 Å². The topological polar surface area (TPSA) is 12.9 Å². The lowest BCUT2D eigenvalue weighted by Gasteiger charge is -2.30. The van der Waals surface area contributed by atoms with Crippen molar-refractivity contribution in [3.8, 4) is 22.4 Å². The van der Waals surface area contributed by atoms with Crippen LogP contribution in [0.2, 0.25) is 0 Å². The van der Waals surface area contributed by atoms with Gasteiger partial charge in [-0.2, -0.15) is 0 Å². The maximum Gasteiger partial charge on any atom is 0.0780 e. The summed E-state index contributed by atoms with van der Waals surface area (Å²) in [6.45, 7) is -2.17. The van der Waals surface area contributed by atoms with E-state index < -0.39 is 6.85 Å². The van der Waals surface area contributed by atoms with Crippen molar-refractivity contribution in [3.05, 3.63) is 88.6 Å². The summed E-state index contributed by atoms with van der Waals surface area (Å²) < 4.78 is 23.7. The van der Waals surface area contributed by atoms with Crippen LogP contribution in [0.1, 0.15) is 31.9 Å². The lowest BCUT2D eigenvalue weighted by molar-refractivity contribution is 0.877. The lowest BCUT2D eigenvalue weighted by atomic mass is 9.74. The second-order valence-corrected chi connectivity index (χ2v) is 7.69. The summed E-state index contributed by atoms with van der Waals surface area (Å²) in [6, 6.07) is 19.1. The fraction of sp³-hybridized carbons (Fsp3) is 0.192. The zero-order chi connectivity index (χ0) is 20.5. The number of rotatable bonds is 1. The van der Waals surface area contributed by atoms with E-state index in [4.69, 9.17) is 4.11 Å². The predicted molar refractivity (Wildman–Crippen MR) is 112 cm³/mol. The summed E-state index contributed by atoms with van der Waals surface area (Å²) >= 11 is 0. The van der Waals surface area contributed by atoms with E-state index in [9.17, 15) is 0 Å². The molecule has 4 aromatic rings. The van der Waals surface area contributed by atoms with Gasteiger partial charge in [0.15, 0.2) is 0 Å².